The summed E-state index contributed by atoms with van der Waals surface area (Å²) in [6.07, 6.45) is 0. The van der Waals surface area contributed by atoms with Crippen LogP contribution in [-0.4, -0.2) is 33.3 Å². The Hall–Kier alpha value is -1.10. The normalized spacial score (nSPS) is 11.8. The van der Waals surface area contributed by atoms with Gasteiger partial charge < -0.3 is 18.9 Å². The second-order valence-corrected chi connectivity index (χ2v) is 4.58. The maximum atomic E-state index is 5.70. The lowest BCUT2D eigenvalue weighted by atomic mass is 10.2. The third kappa shape index (κ3) is 3.70. The second kappa shape index (κ2) is 7.36. The summed E-state index contributed by atoms with van der Waals surface area (Å²) < 4.78 is 21.5. The summed E-state index contributed by atoms with van der Waals surface area (Å²) in [6, 6.07) is 3.59. The summed E-state index contributed by atoms with van der Waals surface area (Å²) in [6.45, 7) is 2.73. The van der Waals surface area contributed by atoms with Gasteiger partial charge in [0.1, 0.15) is 5.75 Å². The van der Waals surface area contributed by atoms with Crippen molar-refractivity contribution in [2.45, 2.75) is 6.92 Å². The van der Waals surface area contributed by atoms with Crippen LogP contribution in [0.1, 0.15) is 6.92 Å². The van der Waals surface area contributed by atoms with E-state index in [2.05, 4.69) is 22.9 Å². The third-order valence-electron chi connectivity index (χ3n) is 2.44. The molecular formula is C13H19BrO4. The summed E-state index contributed by atoms with van der Waals surface area (Å²) in [4.78, 5) is 0. The van der Waals surface area contributed by atoms with Crippen molar-refractivity contribution in [3.05, 3.63) is 12.1 Å². The molecule has 5 heteroatoms. The van der Waals surface area contributed by atoms with E-state index in [0.29, 0.717) is 35.5 Å². The molecule has 0 saturated carbocycles. The van der Waals surface area contributed by atoms with Crippen LogP contribution in [0.15, 0.2) is 12.1 Å². The van der Waals surface area contributed by atoms with E-state index in [1.165, 1.54) is 0 Å². The Morgan fingerprint density at radius 2 is 1.61 bits per heavy atom. The molecule has 0 aromatic heterocycles. The minimum Gasteiger partial charge on any atom is -0.493 e. The average molecular weight is 319 g/mol. The number of rotatable bonds is 7. The fourth-order valence-electron chi connectivity index (χ4n) is 1.42. The van der Waals surface area contributed by atoms with Crippen LogP contribution in [0.25, 0.3) is 0 Å². The number of alkyl halides is 1. The van der Waals surface area contributed by atoms with Gasteiger partial charge in [-0.1, -0.05) is 22.9 Å². The lowest BCUT2D eigenvalue weighted by molar-refractivity contribution is 0.267. The molecule has 0 bridgehead atoms. The smallest absolute Gasteiger partial charge is 0.203 e. The monoisotopic (exact) mass is 318 g/mol. The van der Waals surface area contributed by atoms with Crippen LogP contribution in [0.5, 0.6) is 23.0 Å². The van der Waals surface area contributed by atoms with Crippen molar-refractivity contribution in [1.82, 2.24) is 0 Å². The van der Waals surface area contributed by atoms with Gasteiger partial charge in [0.15, 0.2) is 11.5 Å². The molecule has 102 valence electrons. The molecule has 1 atom stereocenters. The van der Waals surface area contributed by atoms with Gasteiger partial charge in [0.25, 0.3) is 0 Å². The van der Waals surface area contributed by atoms with Crippen molar-refractivity contribution in [2.75, 3.05) is 33.3 Å². The predicted molar refractivity (Wildman–Crippen MR) is 74.6 cm³/mol. The molecule has 0 fully saturated rings. The first-order valence-corrected chi connectivity index (χ1v) is 6.77. The van der Waals surface area contributed by atoms with E-state index in [9.17, 15) is 0 Å². The standard InChI is InChI=1S/C13H19BrO4/c1-9(7-14)8-18-10-5-11(15-2)13(17-4)12(6-10)16-3/h5-6,9H,7-8H2,1-4H3. The Balaban J connectivity index is 2.93. The molecule has 0 amide bonds. The lowest BCUT2D eigenvalue weighted by Gasteiger charge is -2.15. The van der Waals surface area contributed by atoms with Crippen LogP contribution in [-0.2, 0) is 0 Å². The highest BCUT2D eigenvalue weighted by Crippen LogP contribution is 2.40. The first-order valence-electron chi connectivity index (χ1n) is 5.65. The molecule has 0 aliphatic carbocycles. The van der Waals surface area contributed by atoms with Crippen LogP contribution < -0.4 is 18.9 Å². The van der Waals surface area contributed by atoms with Gasteiger partial charge in [-0.25, -0.2) is 0 Å². The van der Waals surface area contributed by atoms with Crippen molar-refractivity contribution in [3.63, 3.8) is 0 Å². The van der Waals surface area contributed by atoms with Crippen molar-refractivity contribution in [1.29, 1.82) is 0 Å². The number of hydrogen-bond acceptors (Lipinski definition) is 4. The van der Waals surface area contributed by atoms with Gasteiger partial charge in [-0.05, 0) is 5.92 Å². The molecule has 4 nitrogen and oxygen atoms in total. The Bertz CT molecular complexity index is 356. The van der Waals surface area contributed by atoms with Crippen LogP contribution in [0.4, 0.5) is 0 Å². The van der Waals surface area contributed by atoms with E-state index in [0.717, 1.165) is 5.33 Å². The molecule has 18 heavy (non-hydrogen) atoms. The molecule has 1 aromatic rings. The fraction of sp³-hybridized carbons (Fsp3) is 0.538. The summed E-state index contributed by atoms with van der Waals surface area (Å²) in [5.74, 6) is 2.90. The number of ether oxygens (including phenoxy) is 4. The average Bonchev–Trinajstić information content (AvgIpc) is 2.43. The van der Waals surface area contributed by atoms with E-state index in [-0.39, 0.29) is 0 Å². The van der Waals surface area contributed by atoms with Gasteiger partial charge >= 0.3 is 0 Å². The topological polar surface area (TPSA) is 36.9 Å². The molecule has 0 aliphatic heterocycles. The molecular weight excluding hydrogens is 300 g/mol. The molecule has 0 aliphatic rings. The predicted octanol–water partition coefficient (Wildman–Crippen LogP) is 3.12. The number of benzene rings is 1. The zero-order valence-electron chi connectivity index (χ0n) is 11.2. The molecule has 0 radical (unpaired) electrons. The van der Waals surface area contributed by atoms with Gasteiger partial charge in [-0.3, -0.25) is 0 Å². The molecule has 0 N–H and O–H groups in total. The summed E-state index contributed by atoms with van der Waals surface area (Å²) in [5.41, 5.74) is 0. The van der Waals surface area contributed by atoms with Gasteiger partial charge in [-0.15, -0.1) is 0 Å². The maximum absolute atomic E-state index is 5.70. The van der Waals surface area contributed by atoms with Gasteiger partial charge in [-0.2, -0.15) is 0 Å². The maximum Gasteiger partial charge on any atom is 0.203 e. The first kappa shape index (κ1) is 15.0. The number of methoxy groups -OCH3 is 3. The minimum atomic E-state index is 0.434. The van der Waals surface area contributed by atoms with E-state index >= 15 is 0 Å². The zero-order valence-corrected chi connectivity index (χ0v) is 12.7. The Kier molecular flexibility index (Phi) is 6.12. The third-order valence-corrected chi connectivity index (χ3v) is 3.54. The Morgan fingerprint density at radius 1 is 1.06 bits per heavy atom. The highest BCUT2D eigenvalue weighted by atomic mass is 79.9. The summed E-state index contributed by atoms with van der Waals surface area (Å²) >= 11 is 3.42. The van der Waals surface area contributed by atoms with Crippen LogP contribution in [0.3, 0.4) is 0 Å². The fourth-order valence-corrected chi connectivity index (χ4v) is 1.61. The quantitative estimate of drug-likeness (QED) is 0.724. The van der Waals surface area contributed by atoms with Crippen molar-refractivity contribution in [3.8, 4) is 23.0 Å². The first-order chi connectivity index (χ1) is 8.65. The molecule has 0 saturated heterocycles. The SMILES string of the molecule is COc1cc(OCC(C)CBr)cc(OC)c1OC. The van der Waals surface area contributed by atoms with Gasteiger partial charge in [0.05, 0.1) is 27.9 Å². The minimum absolute atomic E-state index is 0.434. The van der Waals surface area contributed by atoms with Crippen molar-refractivity contribution < 1.29 is 18.9 Å². The van der Waals surface area contributed by atoms with E-state index in [1.54, 1.807) is 33.5 Å². The Morgan fingerprint density at radius 3 is 2.00 bits per heavy atom. The Labute approximate surface area is 116 Å². The number of hydrogen-bond donors (Lipinski definition) is 0. The molecule has 1 aromatic carbocycles. The molecule has 1 rings (SSSR count). The van der Waals surface area contributed by atoms with Gasteiger partial charge in [0.2, 0.25) is 5.75 Å². The largest absolute Gasteiger partial charge is 0.493 e. The van der Waals surface area contributed by atoms with E-state index < -0.39 is 0 Å². The van der Waals surface area contributed by atoms with E-state index in [4.69, 9.17) is 18.9 Å². The van der Waals surface area contributed by atoms with E-state index in [1.807, 2.05) is 0 Å². The van der Waals surface area contributed by atoms with Crippen LogP contribution in [0, 0.1) is 5.92 Å². The second-order valence-electron chi connectivity index (χ2n) is 3.93. The zero-order chi connectivity index (χ0) is 13.5. The molecule has 0 spiro atoms. The number of halogens is 1. The summed E-state index contributed by atoms with van der Waals surface area (Å²) in [7, 11) is 4.75. The highest BCUT2D eigenvalue weighted by molar-refractivity contribution is 9.09. The lowest BCUT2D eigenvalue weighted by Crippen LogP contribution is -2.09. The van der Waals surface area contributed by atoms with Crippen LogP contribution in [0.2, 0.25) is 0 Å². The van der Waals surface area contributed by atoms with Crippen molar-refractivity contribution >= 4 is 15.9 Å². The highest BCUT2D eigenvalue weighted by Gasteiger charge is 2.14. The van der Waals surface area contributed by atoms with Crippen molar-refractivity contribution in [2.24, 2.45) is 5.92 Å². The molecule has 1 unspecified atom stereocenters. The van der Waals surface area contributed by atoms with Gasteiger partial charge in [0, 0.05) is 17.5 Å². The summed E-state index contributed by atoms with van der Waals surface area (Å²) in [5, 5.41) is 0.900. The molecule has 0 heterocycles. The van der Waals surface area contributed by atoms with Crippen LogP contribution >= 0.6 is 15.9 Å².